The van der Waals surface area contributed by atoms with E-state index in [1.807, 2.05) is 43.8 Å². The van der Waals surface area contributed by atoms with Gasteiger partial charge in [0.1, 0.15) is 0 Å². The van der Waals surface area contributed by atoms with Crippen LogP contribution in [0.15, 0.2) is 18.3 Å². The molecule has 0 aliphatic rings. The summed E-state index contributed by atoms with van der Waals surface area (Å²) < 4.78 is 1.88. The van der Waals surface area contributed by atoms with Gasteiger partial charge in [0, 0.05) is 31.4 Å². The maximum atomic E-state index is 11.3. The van der Waals surface area contributed by atoms with Gasteiger partial charge in [-0.2, -0.15) is 0 Å². The van der Waals surface area contributed by atoms with Gasteiger partial charge in [-0.3, -0.25) is 4.79 Å². The number of hydrogen-bond donors (Lipinski definition) is 2. The average Bonchev–Trinajstić information content (AvgIpc) is 2.64. The Kier molecular flexibility index (Phi) is 4.55. The monoisotopic (exact) mass is 224 g/mol. The molecule has 0 aromatic carbocycles. The summed E-state index contributed by atoms with van der Waals surface area (Å²) in [5.74, 6) is 0.0197. The molecule has 0 saturated carbocycles. The first kappa shape index (κ1) is 12.8. The smallest absolute Gasteiger partial charge is 0.222 e. The van der Waals surface area contributed by atoms with Crippen LogP contribution >= 0.6 is 0 Å². The minimum Gasteiger partial charge on any atom is -0.387 e. The van der Waals surface area contributed by atoms with Crippen molar-refractivity contribution in [3.63, 3.8) is 0 Å². The van der Waals surface area contributed by atoms with Gasteiger partial charge >= 0.3 is 0 Å². The van der Waals surface area contributed by atoms with E-state index in [0.29, 0.717) is 13.0 Å². The molecule has 1 atom stereocenters. The molecule has 0 spiro atoms. The van der Waals surface area contributed by atoms with Crippen LogP contribution in [0.4, 0.5) is 0 Å². The molecule has 1 amide bonds. The van der Waals surface area contributed by atoms with Gasteiger partial charge < -0.3 is 15.0 Å². The van der Waals surface area contributed by atoms with E-state index < -0.39 is 6.10 Å². The number of rotatable bonds is 5. The topological polar surface area (TPSA) is 54.3 Å². The van der Waals surface area contributed by atoms with Gasteiger partial charge in [0.25, 0.3) is 0 Å². The molecule has 0 saturated heterocycles. The number of aryl methyl sites for hydroxylation is 1. The van der Waals surface area contributed by atoms with Crippen LogP contribution in [0, 0.1) is 5.92 Å². The first-order chi connectivity index (χ1) is 7.52. The van der Waals surface area contributed by atoms with Crippen molar-refractivity contribution in [2.24, 2.45) is 13.0 Å². The molecule has 4 nitrogen and oxygen atoms in total. The Morgan fingerprint density at radius 1 is 1.56 bits per heavy atom. The van der Waals surface area contributed by atoms with E-state index in [4.69, 9.17) is 0 Å². The third kappa shape index (κ3) is 3.38. The second kappa shape index (κ2) is 5.70. The fourth-order valence-electron chi connectivity index (χ4n) is 1.50. The lowest BCUT2D eigenvalue weighted by Crippen LogP contribution is -2.29. The Balaban J connectivity index is 2.34. The maximum absolute atomic E-state index is 11.3. The number of aliphatic hydroxyl groups is 1. The molecule has 1 aromatic rings. The third-order valence-corrected chi connectivity index (χ3v) is 2.57. The Labute approximate surface area is 96.3 Å². The van der Waals surface area contributed by atoms with Gasteiger partial charge in [-0.25, -0.2) is 0 Å². The lowest BCUT2D eigenvalue weighted by molar-refractivity contribution is -0.124. The molecule has 16 heavy (non-hydrogen) atoms. The molecule has 1 unspecified atom stereocenters. The Morgan fingerprint density at radius 2 is 2.25 bits per heavy atom. The number of hydrogen-bond acceptors (Lipinski definition) is 2. The number of carbonyl (C=O) groups is 1. The summed E-state index contributed by atoms with van der Waals surface area (Å²) in [5, 5.41) is 12.7. The molecular formula is C12H20N2O2. The zero-order valence-corrected chi connectivity index (χ0v) is 10.1. The predicted octanol–water partition coefficient (Wildman–Crippen LogP) is 1.22. The fourth-order valence-corrected chi connectivity index (χ4v) is 1.50. The first-order valence-electron chi connectivity index (χ1n) is 5.59. The van der Waals surface area contributed by atoms with E-state index in [-0.39, 0.29) is 11.8 Å². The van der Waals surface area contributed by atoms with Crippen LogP contribution < -0.4 is 5.32 Å². The zero-order valence-electron chi connectivity index (χ0n) is 10.1. The highest BCUT2D eigenvalue weighted by Gasteiger charge is 2.11. The van der Waals surface area contributed by atoms with Gasteiger partial charge in [0.15, 0.2) is 0 Å². The van der Waals surface area contributed by atoms with Crippen molar-refractivity contribution in [3.05, 3.63) is 24.0 Å². The molecule has 1 rings (SSSR count). The summed E-state index contributed by atoms with van der Waals surface area (Å²) in [6.07, 6.45) is 1.91. The SMILES string of the molecule is CC(C)C(=O)NCCC(O)c1cccn1C. The van der Waals surface area contributed by atoms with E-state index in [9.17, 15) is 9.90 Å². The van der Waals surface area contributed by atoms with Gasteiger partial charge in [0.2, 0.25) is 5.91 Å². The van der Waals surface area contributed by atoms with Crippen LogP contribution in [0.3, 0.4) is 0 Å². The number of nitrogens with one attached hydrogen (secondary N) is 1. The van der Waals surface area contributed by atoms with Crippen LogP contribution in [0.25, 0.3) is 0 Å². The number of aromatic nitrogens is 1. The molecule has 0 radical (unpaired) electrons. The standard InChI is InChI=1S/C12H20N2O2/c1-9(2)12(16)13-7-6-11(15)10-5-4-8-14(10)3/h4-5,8-9,11,15H,6-7H2,1-3H3,(H,13,16). The summed E-state index contributed by atoms with van der Waals surface area (Å²) in [6, 6.07) is 3.78. The second-order valence-electron chi connectivity index (χ2n) is 4.29. The van der Waals surface area contributed by atoms with Gasteiger partial charge in [0.05, 0.1) is 6.10 Å². The Morgan fingerprint density at radius 3 is 2.75 bits per heavy atom. The summed E-state index contributed by atoms with van der Waals surface area (Å²) in [7, 11) is 1.89. The summed E-state index contributed by atoms with van der Waals surface area (Å²) >= 11 is 0. The number of aliphatic hydroxyl groups excluding tert-OH is 1. The van der Waals surface area contributed by atoms with Crippen molar-refractivity contribution < 1.29 is 9.90 Å². The van der Waals surface area contributed by atoms with Crippen LogP contribution in [-0.4, -0.2) is 22.1 Å². The molecule has 0 fully saturated rings. The Hall–Kier alpha value is -1.29. The Bertz CT molecular complexity index is 345. The van der Waals surface area contributed by atoms with Crippen LogP contribution in [-0.2, 0) is 11.8 Å². The van der Waals surface area contributed by atoms with E-state index in [0.717, 1.165) is 5.69 Å². The predicted molar refractivity (Wildman–Crippen MR) is 62.8 cm³/mol. The molecule has 0 bridgehead atoms. The lowest BCUT2D eigenvalue weighted by atomic mass is 10.1. The highest BCUT2D eigenvalue weighted by molar-refractivity contribution is 5.77. The third-order valence-electron chi connectivity index (χ3n) is 2.57. The van der Waals surface area contributed by atoms with Crippen molar-refractivity contribution in [3.8, 4) is 0 Å². The van der Waals surface area contributed by atoms with Crippen LogP contribution in [0.1, 0.15) is 32.1 Å². The molecule has 0 aliphatic carbocycles. The lowest BCUT2D eigenvalue weighted by Gasteiger charge is -2.13. The highest BCUT2D eigenvalue weighted by Crippen LogP contribution is 2.15. The van der Waals surface area contributed by atoms with Crippen molar-refractivity contribution in [1.29, 1.82) is 0 Å². The van der Waals surface area contributed by atoms with Crippen molar-refractivity contribution in [2.75, 3.05) is 6.54 Å². The number of carbonyl (C=O) groups excluding carboxylic acids is 1. The summed E-state index contributed by atoms with van der Waals surface area (Å²) in [5.41, 5.74) is 0.874. The molecule has 2 N–H and O–H groups in total. The quantitative estimate of drug-likeness (QED) is 0.790. The van der Waals surface area contributed by atoms with Crippen molar-refractivity contribution in [2.45, 2.75) is 26.4 Å². The largest absolute Gasteiger partial charge is 0.387 e. The number of amides is 1. The zero-order chi connectivity index (χ0) is 12.1. The van der Waals surface area contributed by atoms with Crippen LogP contribution in [0.2, 0.25) is 0 Å². The molecule has 1 aromatic heterocycles. The molecule has 4 heteroatoms. The second-order valence-corrected chi connectivity index (χ2v) is 4.29. The van der Waals surface area contributed by atoms with Gasteiger partial charge in [-0.15, -0.1) is 0 Å². The summed E-state index contributed by atoms with van der Waals surface area (Å²) in [4.78, 5) is 11.3. The fraction of sp³-hybridized carbons (Fsp3) is 0.583. The average molecular weight is 224 g/mol. The minimum atomic E-state index is -0.521. The maximum Gasteiger partial charge on any atom is 0.222 e. The number of nitrogens with zero attached hydrogens (tertiary/aromatic N) is 1. The van der Waals surface area contributed by atoms with Crippen LogP contribution in [0.5, 0.6) is 0 Å². The summed E-state index contributed by atoms with van der Waals surface area (Å²) in [6.45, 7) is 4.20. The highest BCUT2D eigenvalue weighted by atomic mass is 16.3. The molecular weight excluding hydrogens is 204 g/mol. The van der Waals surface area contributed by atoms with E-state index >= 15 is 0 Å². The van der Waals surface area contributed by atoms with E-state index in [2.05, 4.69) is 5.32 Å². The molecule has 1 heterocycles. The van der Waals surface area contributed by atoms with E-state index in [1.54, 1.807) is 0 Å². The van der Waals surface area contributed by atoms with Crippen molar-refractivity contribution >= 4 is 5.91 Å². The first-order valence-corrected chi connectivity index (χ1v) is 5.59. The van der Waals surface area contributed by atoms with Gasteiger partial charge in [-0.05, 0) is 18.6 Å². The minimum absolute atomic E-state index is 0.00724. The van der Waals surface area contributed by atoms with E-state index in [1.165, 1.54) is 0 Å². The van der Waals surface area contributed by atoms with Crippen molar-refractivity contribution in [1.82, 2.24) is 9.88 Å². The molecule has 0 aliphatic heterocycles. The molecule has 90 valence electrons. The van der Waals surface area contributed by atoms with Gasteiger partial charge in [-0.1, -0.05) is 13.8 Å². The normalized spacial score (nSPS) is 12.8.